The van der Waals surface area contributed by atoms with Gasteiger partial charge in [-0.25, -0.2) is 14.4 Å². The van der Waals surface area contributed by atoms with Crippen LogP contribution in [0.3, 0.4) is 0 Å². The van der Waals surface area contributed by atoms with Crippen LogP contribution in [0.2, 0.25) is 0 Å². The van der Waals surface area contributed by atoms with E-state index in [1.165, 1.54) is 50.7 Å². The number of anilines is 1. The van der Waals surface area contributed by atoms with Crippen LogP contribution in [-0.4, -0.2) is 15.9 Å². The highest BCUT2D eigenvalue weighted by atomic mass is 19.1. The van der Waals surface area contributed by atoms with Crippen molar-refractivity contribution in [2.75, 3.05) is 5.32 Å². The number of fused-ring (bicyclic) bond motifs is 1. The first-order valence-corrected chi connectivity index (χ1v) is 13.9. The molecule has 1 amide bonds. The lowest BCUT2D eigenvalue weighted by Crippen LogP contribution is -2.47. The van der Waals surface area contributed by atoms with Gasteiger partial charge in [0, 0.05) is 5.56 Å². The zero-order valence-electron chi connectivity index (χ0n) is 21.5. The Morgan fingerprint density at radius 1 is 0.895 bits per heavy atom. The second kappa shape index (κ2) is 9.30. The number of amides is 1. The van der Waals surface area contributed by atoms with Gasteiger partial charge < -0.3 is 5.32 Å². The number of hydrogen-bond donors (Lipinski definition) is 1. The molecule has 4 nitrogen and oxygen atoms in total. The molecule has 8 rings (SSSR count). The minimum atomic E-state index is -0.270. The van der Waals surface area contributed by atoms with E-state index in [9.17, 15) is 9.18 Å². The van der Waals surface area contributed by atoms with E-state index in [1.54, 1.807) is 18.3 Å². The number of nitrogens with one attached hydrogen (secondary N) is 1. The van der Waals surface area contributed by atoms with Gasteiger partial charge in [-0.1, -0.05) is 42.5 Å². The molecule has 0 unspecified atom stereocenters. The minimum Gasteiger partial charge on any atom is -0.309 e. The summed E-state index contributed by atoms with van der Waals surface area (Å²) in [5.74, 6) is 2.71. The Morgan fingerprint density at radius 3 is 2.29 bits per heavy atom. The second-order valence-corrected chi connectivity index (χ2v) is 12.1. The number of carbonyl (C=O) groups excluding carboxylic acids is 1. The fraction of sp³-hybridized carbons (Fsp3) is 0.364. The zero-order chi connectivity index (χ0) is 25.7. The molecule has 4 aromatic rings. The first-order chi connectivity index (χ1) is 18.5. The molecule has 5 heteroatoms. The molecular formula is C33H32FN3O. The topological polar surface area (TPSA) is 54.9 Å². The van der Waals surface area contributed by atoms with Gasteiger partial charge in [0.2, 0.25) is 5.91 Å². The van der Waals surface area contributed by atoms with Crippen LogP contribution >= 0.6 is 0 Å². The molecule has 0 atom stereocenters. The van der Waals surface area contributed by atoms with Crippen LogP contribution < -0.4 is 5.32 Å². The first kappa shape index (κ1) is 23.5. The third kappa shape index (κ3) is 4.59. The number of hydrogen-bond acceptors (Lipinski definition) is 3. The molecule has 4 aliphatic rings. The monoisotopic (exact) mass is 505 g/mol. The molecule has 1 heterocycles. The number of nitrogens with zero attached hydrogens (tertiary/aromatic N) is 2. The van der Waals surface area contributed by atoms with Crippen molar-refractivity contribution < 1.29 is 9.18 Å². The normalized spacial score (nSPS) is 25.6. The molecule has 1 N–H and O–H groups in total. The van der Waals surface area contributed by atoms with Crippen molar-refractivity contribution in [1.29, 1.82) is 0 Å². The maximum absolute atomic E-state index is 13.6. The van der Waals surface area contributed by atoms with Crippen molar-refractivity contribution >= 4 is 22.5 Å². The van der Waals surface area contributed by atoms with Gasteiger partial charge >= 0.3 is 0 Å². The van der Waals surface area contributed by atoms with Crippen LogP contribution in [-0.2, 0) is 17.6 Å². The predicted octanol–water partition coefficient (Wildman–Crippen LogP) is 7.38. The van der Waals surface area contributed by atoms with Crippen molar-refractivity contribution in [3.05, 3.63) is 90.0 Å². The maximum atomic E-state index is 13.6. The zero-order valence-corrected chi connectivity index (χ0v) is 21.5. The summed E-state index contributed by atoms with van der Waals surface area (Å²) in [5.41, 5.74) is 3.64. The summed E-state index contributed by atoms with van der Waals surface area (Å²) in [5, 5.41) is 5.40. The highest BCUT2D eigenvalue weighted by molar-refractivity contribution is 5.93. The summed E-state index contributed by atoms with van der Waals surface area (Å²) in [6.45, 7) is 0. The van der Waals surface area contributed by atoms with Crippen molar-refractivity contribution in [3.8, 4) is 11.3 Å². The molecule has 4 saturated carbocycles. The lowest BCUT2D eigenvalue weighted by molar-refractivity contribution is -0.115. The number of aromatic nitrogens is 2. The Labute approximate surface area is 222 Å². The standard InChI is InChI=1S/C33H32FN3O/c34-28-9-7-26(8-10-28)30-20-35-32(37-31(38)15-21-5-6-25-3-1-2-4-27(25)14-21)29(36-30)19-33-16-22-11-23(17-33)13-24(12-22)18-33/h1-10,14,20,22-24H,11-13,15-19H2,(H,35,37,38). The van der Waals surface area contributed by atoms with Crippen LogP contribution in [0, 0.1) is 29.0 Å². The molecule has 1 aromatic heterocycles. The first-order valence-electron chi connectivity index (χ1n) is 13.9. The van der Waals surface area contributed by atoms with Gasteiger partial charge in [-0.05, 0) is 109 Å². The van der Waals surface area contributed by atoms with E-state index >= 15 is 0 Å². The van der Waals surface area contributed by atoms with Crippen molar-refractivity contribution in [3.63, 3.8) is 0 Å². The molecule has 192 valence electrons. The number of rotatable bonds is 6. The molecule has 3 aromatic carbocycles. The number of halogens is 1. The molecule has 4 fully saturated rings. The van der Waals surface area contributed by atoms with Crippen LogP contribution in [0.25, 0.3) is 22.0 Å². The summed E-state index contributed by atoms with van der Waals surface area (Å²) in [6, 6.07) is 20.7. The third-order valence-corrected chi connectivity index (χ3v) is 9.13. The quantitative estimate of drug-likeness (QED) is 0.298. The molecular weight excluding hydrogens is 473 g/mol. The third-order valence-electron chi connectivity index (χ3n) is 9.13. The van der Waals surface area contributed by atoms with Gasteiger partial charge in [-0.3, -0.25) is 4.79 Å². The summed E-state index contributed by atoms with van der Waals surface area (Å²) in [6.07, 6.45) is 10.7. The van der Waals surface area contributed by atoms with Crippen LogP contribution in [0.5, 0.6) is 0 Å². The van der Waals surface area contributed by atoms with E-state index in [2.05, 4.69) is 29.6 Å². The lowest BCUT2D eigenvalue weighted by Gasteiger charge is -2.57. The lowest BCUT2D eigenvalue weighted by atomic mass is 9.48. The molecule has 0 saturated heterocycles. The molecule has 0 spiro atoms. The van der Waals surface area contributed by atoms with Gasteiger partial charge in [-0.2, -0.15) is 0 Å². The van der Waals surface area contributed by atoms with Gasteiger partial charge in [0.05, 0.1) is 24.0 Å². The Balaban J connectivity index is 1.18. The van der Waals surface area contributed by atoms with Gasteiger partial charge in [0.15, 0.2) is 5.82 Å². The predicted molar refractivity (Wildman–Crippen MR) is 148 cm³/mol. The average molecular weight is 506 g/mol. The molecule has 0 radical (unpaired) electrons. The Kier molecular flexibility index (Phi) is 5.75. The minimum absolute atomic E-state index is 0.0872. The fourth-order valence-electron chi connectivity index (χ4n) is 7.99. The Morgan fingerprint density at radius 2 is 1.58 bits per heavy atom. The second-order valence-electron chi connectivity index (χ2n) is 12.1. The van der Waals surface area contributed by atoms with E-state index < -0.39 is 0 Å². The summed E-state index contributed by atoms with van der Waals surface area (Å²) in [4.78, 5) is 23.0. The van der Waals surface area contributed by atoms with Crippen LogP contribution in [0.15, 0.2) is 72.9 Å². The summed E-state index contributed by atoms with van der Waals surface area (Å²) < 4.78 is 13.6. The summed E-state index contributed by atoms with van der Waals surface area (Å²) in [7, 11) is 0. The van der Waals surface area contributed by atoms with Gasteiger partial charge in [-0.15, -0.1) is 0 Å². The highest BCUT2D eigenvalue weighted by Crippen LogP contribution is 2.61. The molecule has 4 bridgehead atoms. The highest BCUT2D eigenvalue weighted by Gasteiger charge is 2.51. The van der Waals surface area contributed by atoms with Crippen molar-refractivity contribution in [2.24, 2.45) is 23.2 Å². The van der Waals surface area contributed by atoms with E-state index in [4.69, 9.17) is 9.97 Å². The van der Waals surface area contributed by atoms with Crippen molar-refractivity contribution in [1.82, 2.24) is 9.97 Å². The molecule has 4 aliphatic carbocycles. The van der Waals surface area contributed by atoms with E-state index in [-0.39, 0.29) is 23.6 Å². The SMILES string of the molecule is O=C(Cc1ccc2ccccc2c1)Nc1ncc(-c2ccc(F)cc2)nc1CC12CC3CC(CC(C3)C1)C2. The Hall–Kier alpha value is -3.60. The van der Waals surface area contributed by atoms with Crippen molar-refractivity contribution in [2.45, 2.75) is 51.4 Å². The molecule has 38 heavy (non-hydrogen) atoms. The van der Waals surface area contributed by atoms with Gasteiger partial charge in [0.1, 0.15) is 5.82 Å². The molecule has 0 aliphatic heterocycles. The average Bonchev–Trinajstić information content (AvgIpc) is 2.89. The van der Waals surface area contributed by atoms with E-state index in [0.29, 0.717) is 5.82 Å². The number of carbonyl (C=O) groups is 1. The largest absolute Gasteiger partial charge is 0.309 e. The maximum Gasteiger partial charge on any atom is 0.229 e. The number of benzene rings is 3. The Bertz CT molecular complexity index is 1480. The van der Waals surface area contributed by atoms with E-state index in [0.717, 1.165) is 57.5 Å². The fourth-order valence-corrected chi connectivity index (χ4v) is 7.99. The van der Waals surface area contributed by atoms with E-state index in [1.807, 2.05) is 18.2 Å². The van der Waals surface area contributed by atoms with Gasteiger partial charge in [0.25, 0.3) is 0 Å². The smallest absolute Gasteiger partial charge is 0.229 e. The summed E-state index contributed by atoms with van der Waals surface area (Å²) >= 11 is 0. The van der Waals surface area contributed by atoms with Crippen LogP contribution in [0.4, 0.5) is 10.2 Å². The van der Waals surface area contributed by atoms with Crippen LogP contribution in [0.1, 0.15) is 49.8 Å².